The molecular weight excluding hydrogens is 216 g/mol. The van der Waals surface area contributed by atoms with Crippen molar-refractivity contribution in [1.29, 1.82) is 0 Å². The lowest BCUT2D eigenvalue weighted by Gasteiger charge is -2.11. The van der Waals surface area contributed by atoms with Crippen molar-refractivity contribution in [3.8, 4) is 11.1 Å². The second-order valence-corrected chi connectivity index (χ2v) is 4.72. The van der Waals surface area contributed by atoms with E-state index in [1.807, 2.05) is 12.1 Å². The van der Waals surface area contributed by atoms with Gasteiger partial charge in [-0.25, -0.2) is 0 Å². The smallest absolute Gasteiger partial charge is 0.0414 e. The highest BCUT2D eigenvalue weighted by molar-refractivity contribution is 6.31. The van der Waals surface area contributed by atoms with Gasteiger partial charge in [-0.15, -0.1) is 0 Å². The number of rotatable bonds is 1. The Labute approximate surface area is 102 Å². The van der Waals surface area contributed by atoms with Crippen molar-refractivity contribution < 1.29 is 0 Å². The van der Waals surface area contributed by atoms with E-state index >= 15 is 0 Å². The molecule has 2 rings (SSSR count). The van der Waals surface area contributed by atoms with Crippen LogP contribution < -0.4 is 0 Å². The predicted molar refractivity (Wildman–Crippen MR) is 71.1 cm³/mol. The van der Waals surface area contributed by atoms with Crippen LogP contribution in [-0.4, -0.2) is 0 Å². The standard InChI is InChI=1S/C15H15Cl/c1-10-7-13(9-14(16)8-10)15-11(2)5-4-6-12(15)3/h4-9H,1-3H3. The lowest BCUT2D eigenvalue weighted by atomic mass is 9.95. The van der Waals surface area contributed by atoms with Crippen molar-refractivity contribution in [3.05, 3.63) is 58.1 Å². The highest BCUT2D eigenvalue weighted by atomic mass is 35.5. The molecule has 0 saturated carbocycles. The zero-order valence-electron chi connectivity index (χ0n) is 9.84. The summed E-state index contributed by atoms with van der Waals surface area (Å²) in [7, 11) is 0. The first kappa shape index (κ1) is 11.2. The summed E-state index contributed by atoms with van der Waals surface area (Å²) in [6, 6.07) is 12.6. The Kier molecular flexibility index (Phi) is 3.02. The van der Waals surface area contributed by atoms with Gasteiger partial charge in [0.15, 0.2) is 0 Å². The molecule has 2 aromatic carbocycles. The Balaban J connectivity index is 2.67. The molecule has 0 saturated heterocycles. The fraction of sp³-hybridized carbons (Fsp3) is 0.200. The van der Waals surface area contributed by atoms with E-state index in [1.54, 1.807) is 0 Å². The summed E-state index contributed by atoms with van der Waals surface area (Å²) in [6.45, 7) is 6.35. The Morgan fingerprint density at radius 2 is 1.50 bits per heavy atom. The van der Waals surface area contributed by atoms with Gasteiger partial charge in [-0.05, 0) is 60.7 Å². The van der Waals surface area contributed by atoms with Crippen LogP contribution in [0.15, 0.2) is 36.4 Å². The number of benzene rings is 2. The lowest BCUT2D eigenvalue weighted by molar-refractivity contribution is 1.37. The molecule has 82 valence electrons. The van der Waals surface area contributed by atoms with Gasteiger partial charge < -0.3 is 0 Å². The topological polar surface area (TPSA) is 0 Å². The zero-order valence-corrected chi connectivity index (χ0v) is 10.6. The van der Waals surface area contributed by atoms with Crippen LogP contribution in [0.25, 0.3) is 11.1 Å². The number of hydrogen-bond donors (Lipinski definition) is 0. The Hall–Kier alpha value is -1.27. The SMILES string of the molecule is Cc1cc(Cl)cc(-c2c(C)cccc2C)c1. The van der Waals surface area contributed by atoms with Gasteiger partial charge >= 0.3 is 0 Å². The molecule has 0 amide bonds. The number of hydrogen-bond acceptors (Lipinski definition) is 0. The maximum Gasteiger partial charge on any atom is 0.0414 e. The molecule has 0 N–H and O–H groups in total. The first-order chi connectivity index (χ1) is 7.58. The van der Waals surface area contributed by atoms with E-state index in [9.17, 15) is 0 Å². The van der Waals surface area contributed by atoms with E-state index in [-0.39, 0.29) is 0 Å². The Bertz CT molecular complexity index is 486. The Morgan fingerprint density at radius 3 is 2.06 bits per heavy atom. The molecule has 0 aliphatic rings. The van der Waals surface area contributed by atoms with Crippen LogP contribution in [0.3, 0.4) is 0 Å². The van der Waals surface area contributed by atoms with Crippen LogP contribution in [-0.2, 0) is 0 Å². The third kappa shape index (κ3) is 2.12. The summed E-state index contributed by atoms with van der Waals surface area (Å²) >= 11 is 6.10. The Morgan fingerprint density at radius 1 is 0.875 bits per heavy atom. The van der Waals surface area contributed by atoms with Crippen molar-refractivity contribution >= 4 is 11.6 Å². The number of halogens is 1. The first-order valence-corrected chi connectivity index (χ1v) is 5.79. The summed E-state index contributed by atoms with van der Waals surface area (Å²) < 4.78 is 0. The van der Waals surface area contributed by atoms with E-state index in [1.165, 1.54) is 27.8 Å². The zero-order chi connectivity index (χ0) is 11.7. The van der Waals surface area contributed by atoms with E-state index < -0.39 is 0 Å². The molecule has 0 atom stereocenters. The maximum absolute atomic E-state index is 6.10. The van der Waals surface area contributed by atoms with Gasteiger partial charge in [0, 0.05) is 5.02 Å². The normalized spacial score (nSPS) is 10.5. The molecule has 0 aromatic heterocycles. The molecule has 0 nitrogen and oxygen atoms in total. The van der Waals surface area contributed by atoms with E-state index in [2.05, 4.69) is 45.0 Å². The van der Waals surface area contributed by atoms with Gasteiger partial charge in [0.1, 0.15) is 0 Å². The van der Waals surface area contributed by atoms with Crippen LogP contribution in [0.5, 0.6) is 0 Å². The van der Waals surface area contributed by atoms with E-state index in [4.69, 9.17) is 11.6 Å². The van der Waals surface area contributed by atoms with Crippen LogP contribution in [0.2, 0.25) is 5.02 Å². The highest BCUT2D eigenvalue weighted by Crippen LogP contribution is 2.29. The van der Waals surface area contributed by atoms with Crippen LogP contribution in [0, 0.1) is 20.8 Å². The number of aryl methyl sites for hydroxylation is 3. The molecule has 0 fully saturated rings. The van der Waals surface area contributed by atoms with Crippen molar-refractivity contribution in [2.45, 2.75) is 20.8 Å². The molecular formula is C15H15Cl. The summed E-state index contributed by atoms with van der Waals surface area (Å²) in [5.41, 5.74) is 6.29. The average molecular weight is 231 g/mol. The van der Waals surface area contributed by atoms with Gasteiger partial charge in [-0.2, -0.15) is 0 Å². The largest absolute Gasteiger partial charge is 0.0843 e. The van der Waals surface area contributed by atoms with Crippen LogP contribution in [0.1, 0.15) is 16.7 Å². The molecule has 0 aliphatic heterocycles. The van der Waals surface area contributed by atoms with E-state index in [0.717, 1.165) is 5.02 Å². The molecule has 0 unspecified atom stereocenters. The maximum atomic E-state index is 6.10. The van der Waals surface area contributed by atoms with Crippen molar-refractivity contribution in [3.63, 3.8) is 0 Å². The van der Waals surface area contributed by atoms with Gasteiger partial charge in [-0.1, -0.05) is 35.9 Å². The second-order valence-electron chi connectivity index (χ2n) is 4.28. The van der Waals surface area contributed by atoms with Gasteiger partial charge in [0.25, 0.3) is 0 Å². The highest BCUT2D eigenvalue weighted by Gasteiger charge is 2.06. The summed E-state index contributed by atoms with van der Waals surface area (Å²) in [6.07, 6.45) is 0. The van der Waals surface area contributed by atoms with Gasteiger partial charge in [-0.3, -0.25) is 0 Å². The van der Waals surface area contributed by atoms with Crippen molar-refractivity contribution in [2.75, 3.05) is 0 Å². The molecule has 0 radical (unpaired) electrons. The van der Waals surface area contributed by atoms with Crippen molar-refractivity contribution in [1.82, 2.24) is 0 Å². The summed E-state index contributed by atoms with van der Waals surface area (Å²) in [4.78, 5) is 0. The fourth-order valence-electron chi connectivity index (χ4n) is 2.15. The summed E-state index contributed by atoms with van der Waals surface area (Å²) in [5.74, 6) is 0. The molecule has 1 heteroatoms. The minimum absolute atomic E-state index is 0.803. The minimum atomic E-state index is 0.803. The molecule has 0 aliphatic carbocycles. The molecule has 2 aromatic rings. The van der Waals surface area contributed by atoms with Gasteiger partial charge in [0.2, 0.25) is 0 Å². The minimum Gasteiger partial charge on any atom is -0.0843 e. The molecule has 0 spiro atoms. The monoisotopic (exact) mass is 230 g/mol. The lowest BCUT2D eigenvalue weighted by Crippen LogP contribution is -1.88. The molecule has 16 heavy (non-hydrogen) atoms. The third-order valence-electron chi connectivity index (χ3n) is 2.81. The average Bonchev–Trinajstić information content (AvgIpc) is 2.15. The summed E-state index contributed by atoms with van der Waals surface area (Å²) in [5, 5.41) is 0.803. The fourth-order valence-corrected chi connectivity index (χ4v) is 2.44. The molecule has 0 heterocycles. The first-order valence-electron chi connectivity index (χ1n) is 5.42. The van der Waals surface area contributed by atoms with Crippen molar-refractivity contribution in [2.24, 2.45) is 0 Å². The second kappa shape index (κ2) is 4.31. The van der Waals surface area contributed by atoms with E-state index in [0.29, 0.717) is 0 Å². The predicted octanol–water partition coefficient (Wildman–Crippen LogP) is 4.93. The van der Waals surface area contributed by atoms with Crippen LogP contribution in [0.4, 0.5) is 0 Å². The van der Waals surface area contributed by atoms with Gasteiger partial charge in [0.05, 0.1) is 0 Å². The van der Waals surface area contributed by atoms with Crippen LogP contribution >= 0.6 is 11.6 Å². The molecule has 0 bridgehead atoms. The third-order valence-corrected chi connectivity index (χ3v) is 3.03. The quantitative estimate of drug-likeness (QED) is 0.652.